The Morgan fingerprint density at radius 3 is 2.00 bits per heavy atom. The summed E-state index contributed by atoms with van der Waals surface area (Å²) in [6.07, 6.45) is 5.46. The van der Waals surface area contributed by atoms with Gasteiger partial charge in [0.15, 0.2) is 11.4 Å². The van der Waals surface area contributed by atoms with Crippen molar-refractivity contribution in [2.75, 3.05) is 0 Å². The number of aromatic hydroxyl groups is 2. The minimum absolute atomic E-state index is 0.110. The zero-order valence-corrected chi connectivity index (χ0v) is 24.1. The molecule has 0 atom stereocenters. The smallest absolute Gasteiger partial charge is 0.350 e. The van der Waals surface area contributed by atoms with Crippen molar-refractivity contribution in [3.8, 4) is 17.2 Å². The van der Waals surface area contributed by atoms with Gasteiger partial charge in [0, 0.05) is 22.2 Å². The molecular weight excluding hydrogens is 516 g/mol. The number of esters is 1. The van der Waals surface area contributed by atoms with Crippen molar-refractivity contribution in [3.05, 3.63) is 88.4 Å². The number of ether oxygens (including phenoxy) is 2. The molecule has 6 nitrogen and oxygen atoms in total. The molecule has 0 spiro atoms. The molecule has 0 radical (unpaired) electrons. The lowest BCUT2D eigenvalue weighted by Gasteiger charge is -2.25. The molecule has 7 heteroatoms. The van der Waals surface area contributed by atoms with E-state index in [-0.39, 0.29) is 23.4 Å². The highest BCUT2D eigenvalue weighted by molar-refractivity contribution is 6.30. The maximum absolute atomic E-state index is 12.4. The van der Waals surface area contributed by atoms with Crippen LogP contribution >= 0.6 is 11.6 Å². The molecule has 3 aromatic rings. The van der Waals surface area contributed by atoms with E-state index in [1.807, 2.05) is 0 Å². The number of phenols is 2. The zero-order valence-electron chi connectivity index (χ0n) is 23.4. The molecule has 0 aliphatic rings. The summed E-state index contributed by atoms with van der Waals surface area (Å²) in [4.78, 5) is 24.5. The van der Waals surface area contributed by atoms with Gasteiger partial charge < -0.3 is 19.7 Å². The van der Waals surface area contributed by atoms with Gasteiger partial charge in [0.2, 0.25) is 0 Å². The standard InChI is InChI=1S/C20H21ClO4.C12H18O2/c1-13(2)24-19(23)20(3,4)25-17-11-7-15(8-12-17)18(22)14-5-9-16(21)10-6-14;1-2-3-4-5-6-10-7-8-11(13)9-12(10)14/h5-13H,1-4H3;7-9,13-14H,2-6H2,1H3. The summed E-state index contributed by atoms with van der Waals surface area (Å²) in [5.74, 6) is 0.269. The molecule has 0 heterocycles. The Kier molecular flexibility index (Phi) is 12.3. The maximum atomic E-state index is 12.4. The van der Waals surface area contributed by atoms with Crippen LogP contribution in [0.1, 0.15) is 81.8 Å². The van der Waals surface area contributed by atoms with Crippen LogP contribution in [0.15, 0.2) is 66.7 Å². The van der Waals surface area contributed by atoms with Gasteiger partial charge in [-0.15, -0.1) is 0 Å². The first-order valence-corrected chi connectivity index (χ1v) is 13.6. The molecule has 39 heavy (non-hydrogen) atoms. The summed E-state index contributed by atoms with van der Waals surface area (Å²) >= 11 is 5.84. The third-order valence-corrected chi connectivity index (χ3v) is 6.05. The van der Waals surface area contributed by atoms with E-state index in [0.717, 1.165) is 18.4 Å². The van der Waals surface area contributed by atoms with Crippen LogP contribution in [0.4, 0.5) is 0 Å². The first-order chi connectivity index (χ1) is 18.4. The quantitative estimate of drug-likeness (QED) is 0.142. The number of halogens is 1. The van der Waals surface area contributed by atoms with Gasteiger partial charge in [-0.25, -0.2) is 4.79 Å². The van der Waals surface area contributed by atoms with E-state index in [9.17, 15) is 14.7 Å². The Hall–Kier alpha value is -3.51. The molecule has 3 aromatic carbocycles. The topological polar surface area (TPSA) is 93.1 Å². The normalized spacial score (nSPS) is 10.9. The molecule has 0 amide bonds. The molecular formula is C32H39ClO6. The number of unbranched alkanes of at least 4 members (excludes halogenated alkanes) is 3. The van der Waals surface area contributed by atoms with E-state index in [1.54, 1.807) is 88.4 Å². The van der Waals surface area contributed by atoms with Crippen molar-refractivity contribution < 1.29 is 29.3 Å². The molecule has 0 saturated carbocycles. The van der Waals surface area contributed by atoms with Crippen molar-refractivity contribution in [1.82, 2.24) is 0 Å². The predicted octanol–water partition coefficient (Wildman–Crippen LogP) is 7.90. The third-order valence-electron chi connectivity index (χ3n) is 5.80. The van der Waals surface area contributed by atoms with Crippen LogP contribution in [0.3, 0.4) is 0 Å². The third kappa shape index (κ3) is 10.6. The predicted molar refractivity (Wildman–Crippen MR) is 155 cm³/mol. The first-order valence-electron chi connectivity index (χ1n) is 13.2. The number of ketones is 1. The highest BCUT2D eigenvalue weighted by atomic mass is 35.5. The highest BCUT2D eigenvalue weighted by Gasteiger charge is 2.32. The average molecular weight is 555 g/mol. The van der Waals surface area contributed by atoms with Crippen LogP contribution in [-0.2, 0) is 16.0 Å². The number of carbonyl (C=O) groups is 2. The van der Waals surface area contributed by atoms with Crippen molar-refractivity contribution in [3.63, 3.8) is 0 Å². The number of hydrogen-bond donors (Lipinski definition) is 2. The van der Waals surface area contributed by atoms with Gasteiger partial charge in [-0.3, -0.25) is 4.79 Å². The Morgan fingerprint density at radius 1 is 0.872 bits per heavy atom. The molecule has 0 unspecified atom stereocenters. The fraction of sp³-hybridized carbons (Fsp3) is 0.375. The van der Waals surface area contributed by atoms with E-state index >= 15 is 0 Å². The Bertz CT molecular complexity index is 1200. The van der Waals surface area contributed by atoms with Gasteiger partial charge in [0.25, 0.3) is 0 Å². The van der Waals surface area contributed by atoms with E-state index in [1.165, 1.54) is 25.3 Å². The lowest BCUT2D eigenvalue weighted by atomic mass is 10.0. The molecule has 0 aliphatic heterocycles. The van der Waals surface area contributed by atoms with Gasteiger partial charge in [0.05, 0.1) is 6.10 Å². The highest BCUT2D eigenvalue weighted by Crippen LogP contribution is 2.24. The van der Waals surface area contributed by atoms with Crippen LogP contribution in [0, 0.1) is 0 Å². The number of benzene rings is 3. The van der Waals surface area contributed by atoms with Crippen LogP contribution < -0.4 is 4.74 Å². The van der Waals surface area contributed by atoms with Crippen molar-refractivity contribution >= 4 is 23.4 Å². The van der Waals surface area contributed by atoms with E-state index in [2.05, 4.69) is 6.92 Å². The van der Waals surface area contributed by atoms with E-state index < -0.39 is 11.6 Å². The second-order valence-corrected chi connectivity index (χ2v) is 10.5. The summed E-state index contributed by atoms with van der Waals surface area (Å²) in [5.41, 5.74) is 0.890. The van der Waals surface area contributed by atoms with E-state index in [4.69, 9.17) is 26.2 Å². The second-order valence-electron chi connectivity index (χ2n) is 10.1. The Morgan fingerprint density at radius 2 is 1.46 bits per heavy atom. The summed E-state index contributed by atoms with van der Waals surface area (Å²) in [7, 11) is 0. The summed E-state index contributed by atoms with van der Waals surface area (Å²) < 4.78 is 10.9. The maximum Gasteiger partial charge on any atom is 0.350 e. The van der Waals surface area contributed by atoms with Crippen LogP contribution in [0.25, 0.3) is 0 Å². The minimum Gasteiger partial charge on any atom is -0.508 e. The fourth-order valence-corrected chi connectivity index (χ4v) is 3.77. The van der Waals surface area contributed by atoms with Gasteiger partial charge >= 0.3 is 5.97 Å². The Labute approximate surface area is 236 Å². The molecule has 0 fully saturated rings. The monoisotopic (exact) mass is 554 g/mol. The SMILES string of the molecule is CC(C)OC(=O)C(C)(C)Oc1ccc(C(=O)c2ccc(Cl)cc2)cc1.CCCCCCc1ccc(O)cc1O. The van der Waals surface area contributed by atoms with Crippen LogP contribution in [0.5, 0.6) is 17.2 Å². The largest absolute Gasteiger partial charge is 0.508 e. The van der Waals surface area contributed by atoms with Crippen molar-refractivity contribution in [2.24, 2.45) is 0 Å². The van der Waals surface area contributed by atoms with Gasteiger partial charge in [-0.05, 0) is 101 Å². The van der Waals surface area contributed by atoms with Crippen molar-refractivity contribution in [1.29, 1.82) is 0 Å². The number of carbonyl (C=O) groups excluding carboxylic acids is 2. The summed E-state index contributed by atoms with van der Waals surface area (Å²) in [5, 5.41) is 19.2. The van der Waals surface area contributed by atoms with Crippen LogP contribution in [0.2, 0.25) is 5.02 Å². The lowest BCUT2D eigenvalue weighted by molar-refractivity contribution is -0.163. The molecule has 0 aliphatic carbocycles. The minimum atomic E-state index is -1.12. The van der Waals surface area contributed by atoms with Gasteiger partial charge in [-0.1, -0.05) is 43.9 Å². The molecule has 0 bridgehead atoms. The summed E-state index contributed by atoms with van der Waals surface area (Å²) in [6, 6.07) is 18.2. The van der Waals surface area contributed by atoms with Gasteiger partial charge in [0.1, 0.15) is 17.2 Å². The molecule has 0 aromatic heterocycles. The number of hydrogen-bond acceptors (Lipinski definition) is 6. The zero-order chi connectivity index (χ0) is 29.0. The van der Waals surface area contributed by atoms with E-state index in [0.29, 0.717) is 21.9 Å². The molecule has 2 N–H and O–H groups in total. The average Bonchev–Trinajstić information content (AvgIpc) is 2.88. The first kappa shape index (κ1) is 31.7. The molecule has 0 saturated heterocycles. The number of rotatable bonds is 11. The van der Waals surface area contributed by atoms with Crippen molar-refractivity contribution in [2.45, 2.75) is 78.4 Å². The Balaban J connectivity index is 0.000000322. The number of aryl methyl sites for hydroxylation is 1. The second kappa shape index (κ2) is 15.2. The lowest BCUT2D eigenvalue weighted by Crippen LogP contribution is -2.40. The van der Waals surface area contributed by atoms with Gasteiger partial charge in [-0.2, -0.15) is 0 Å². The van der Waals surface area contributed by atoms with Crippen LogP contribution in [-0.4, -0.2) is 33.7 Å². The number of phenolic OH excluding ortho intramolecular Hbond substituents is 2. The molecule has 210 valence electrons. The fourth-order valence-electron chi connectivity index (χ4n) is 3.64. The summed E-state index contributed by atoms with van der Waals surface area (Å²) in [6.45, 7) is 9.03. The molecule has 3 rings (SSSR count).